The molecule has 0 aromatic heterocycles. The minimum atomic E-state index is -0.292. The van der Waals surface area contributed by atoms with Crippen LogP contribution in [0.25, 0.3) is 0 Å². The van der Waals surface area contributed by atoms with Gasteiger partial charge in [-0.25, -0.2) is 4.39 Å². The van der Waals surface area contributed by atoms with Crippen LogP contribution in [0, 0.1) is 11.7 Å². The third kappa shape index (κ3) is 3.99. The number of benzene rings is 1. The summed E-state index contributed by atoms with van der Waals surface area (Å²) in [6, 6.07) is 6.20. The van der Waals surface area contributed by atoms with Gasteiger partial charge in [0.1, 0.15) is 17.7 Å². The molecule has 22 heavy (non-hydrogen) atoms. The highest BCUT2D eigenvalue weighted by Crippen LogP contribution is 2.29. The lowest BCUT2D eigenvalue weighted by atomic mass is 10.0. The summed E-state index contributed by atoms with van der Waals surface area (Å²) < 4.78 is 18.9. The third-order valence-electron chi connectivity index (χ3n) is 4.84. The number of hydrogen-bond donors (Lipinski definition) is 0. The van der Waals surface area contributed by atoms with Crippen molar-refractivity contribution in [3.8, 4) is 5.75 Å². The number of amides is 1. The minimum absolute atomic E-state index is 0.0165. The predicted octanol–water partition coefficient (Wildman–Crippen LogP) is 3.78. The van der Waals surface area contributed by atoms with Gasteiger partial charge in [-0.3, -0.25) is 4.79 Å². The van der Waals surface area contributed by atoms with Gasteiger partial charge in [0.25, 0.3) is 0 Å². The lowest BCUT2D eigenvalue weighted by molar-refractivity contribution is -0.130. The van der Waals surface area contributed by atoms with Crippen LogP contribution in [0.15, 0.2) is 24.3 Å². The quantitative estimate of drug-likeness (QED) is 0.828. The standard InChI is InChI=1S/C18H24FNO2/c19-15-6-3-7-16(12-15)22-17-10-11-20(13-17)18(21)9-8-14-4-1-2-5-14/h3,6-7,12,14,17H,1-2,4-5,8-11,13H2. The van der Waals surface area contributed by atoms with Gasteiger partial charge < -0.3 is 9.64 Å². The van der Waals surface area contributed by atoms with Crippen molar-refractivity contribution in [1.29, 1.82) is 0 Å². The third-order valence-corrected chi connectivity index (χ3v) is 4.84. The molecule has 1 saturated carbocycles. The Labute approximate surface area is 131 Å². The number of nitrogens with zero attached hydrogens (tertiary/aromatic N) is 1. The van der Waals surface area contributed by atoms with E-state index in [1.807, 2.05) is 4.90 Å². The number of ether oxygens (including phenoxy) is 1. The summed E-state index contributed by atoms with van der Waals surface area (Å²) in [6.07, 6.45) is 7.74. The van der Waals surface area contributed by atoms with Gasteiger partial charge in [-0.1, -0.05) is 31.7 Å². The van der Waals surface area contributed by atoms with Crippen LogP contribution in [0.4, 0.5) is 4.39 Å². The molecule has 1 aromatic carbocycles. The molecule has 0 radical (unpaired) electrons. The molecule has 2 aliphatic rings. The fraction of sp³-hybridized carbons (Fsp3) is 0.611. The van der Waals surface area contributed by atoms with Crippen molar-refractivity contribution in [2.45, 2.75) is 51.0 Å². The Balaban J connectivity index is 1.44. The molecule has 1 aromatic rings. The summed E-state index contributed by atoms with van der Waals surface area (Å²) >= 11 is 0. The smallest absolute Gasteiger partial charge is 0.222 e. The van der Waals surface area contributed by atoms with Crippen molar-refractivity contribution in [2.75, 3.05) is 13.1 Å². The molecule has 0 N–H and O–H groups in total. The molecule has 3 rings (SSSR count). The van der Waals surface area contributed by atoms with Crippen molar-refractivity contribution >= 4 is 5.91 Å². The number of rotatable bonds is 5. The second-order valence-corrected chi connectivity index (χ2v) is 6.51. The molecule has 0 bridgehead atoms. The predicted molar refractivity (Wildman–Crippen MR) is 83.2 cm³/mol. The van der Waals surface area contributed by atoms with Gasteiger partial charge >= 0.3 is 0 Å². The van der Waals surface area contributed by atoms with Gasteiger partial charge in [0, 0.05) is 25.5 Å². The van der Waals surface area contributed by atoms with Gasteiger partial charge in [-0.15, -0.1) is 0 Å². The van der Waals surface area contributed by atoms with Crippen LogP contribution >= 0.6 is 0 Å². The first kappa shape index (κ1) is 15.3. The van der Waals surface area contributed by atoms with E-state index in [0.717, 1.165) is 25.3 Å². The lowest BCUT2D eigenvalue weighted by Crippen LogP contribution is -2.31. The number of hydrogen-bond acceptors (Lipinski definition) is 2. The Morgan fingerprint density at radius 1 is 1.27 bits per heavy atom. The van der Waals surface area contributed by atoms with E-state index in [1.54, 1.807) is 12.1 Å². The van der Waals surface area contributed by atoms with Crippen molar-refractivity contribution in [1.82, 2.24) is 4.90 Å². The fourth-order valence-corrected chi connectivity index (χ4v) is 3.57. The summed E-state index contributed by atoms with van der Waals surface area (Å²) in [7, 11) is 0. The minimum Gasteiger partial charge on any atom is -0.488 e. The van der Waals surface area contributed by atoms with E-state index in [4.69, 9.17) is 4.74 Å². The number of halogens is 1. The zero-order valence-corrected chi connectivity index (χ0v) is 13.0. The Morgan fingerprint density at radius 2 is 2.09 bits per heavy atom. The van der Waals surface area contributed by atoms with Gasteiger partial charge in [-0.05, 0) is 24.5 Å². The maximum absolute atomic E-state index is 13.1. The Morgan fingerprint density at radius 3 is 2.86 bits per heavy atom. The molecule has 1 aliphatic heterocycles. The van der Waals surface area contributed by atoms with Crippen molar-refractivity contribution in [2.24, 2.45) is 5.92 Å². The highest BCUT2D eigenvalue weighted by atomic mass is 19.1. The second kappa shape index (κ2) is 7.12. The molecule has 1 amide bonds. The van der Waals surface area contributed by atoms with Crippen molar-refractivity contribution in [3.63, 3.8) is 0 Å². The van der Waals surface area contributed by atoms with Crippen LogP contribution in [0.3, 0.4) is 0 Å². The van der Waals surface area contributed by atoms with Crippen LogP contribution in [0.2, 0.25) is 0 Å². The number of carbonyl (C=O) groups is 1. The van der Waals surface area contributed by atoms with E-state index in [-0.39, 0.29) is 17.8 Å². The topological polar surface area (TPSA) is 29.5 Å². The van der Waals surface area contributed by atoms with Crippen LogP contribution in [-0.2, 0) is 4.79 Å². The van der Waals surface area contributed by atoms with Gasteiger partial charge in [0.05, 0.1) is 6.54 Å². The maximum atomic E-state index is 13.1. The largest absolute Gasteiger partial charge is 0.488 e. The summed E-state index contributed by atoms with van der Waals surface area (Å²) in [5.74, 6) is 1.26. The highest BCUT2D eigenvalue weighted by Gasteiger charge is 2.28. The molecule has 1 unspecified atom stereocenters. The van der Waals surface area contributed by atoms with Crippen molar-refractivity contribution in [3.05, 3.63) is 30.1 Å². The zero-order chi connectivity index (χ0) is 15.4. The molecule has 4 heteroatoms. The zero-order valence-electron chi connectivity index (χ0n) is 13.0. The lowest BCUT2D eigenvalue weighted by Gasteiger charge is -2.18. The summed E-state index contributed by atoms with van der Waals surface area (Å²) in [4.78, 5) is 14.2. The molecule has 120 valence electrons. The average molecular weight is 305 g/mol. The first-order valence-corrected chi connectivity index (χ1v) is 8.41. The van der Waals surface area contributed by atoms with Crippen LogP contribution in [0.5, 0.6) is 5.75 Å². The van der Waals surface area contributed by atoms with Gasteiger partial charge in [0.2, 0.25) is 5.91 Å². The number of likely N-dealkylation sites (tertiary alicyclic amines) is 1. The highest BCUT2D eigenvalue weighted by molar-refractivity contribution is 5.76. The molecule has 3 nitrogen and oxygen atoms in total. The summed E-state index contributed by atoms with van der Waals surface area (Å²) in [5, 5.41) is 0. The second-order valence-electron chi connectivity index (χ2n) is 6.51. The summed E-state index contributed by atoms with van der Waals surface area (Å²) in [6.45, 7) is 1.38. The average Bonchev–Trinajstić information content (AvgIpc) is 3.16. The SMILES string of the molecule is O=C(CCC1CCCC1)N1CCC(Oc2cccc(F)c2)C1. The molecule has 2 fully saturated rings. The molecular formula is C18H24FNO2. The molecule has 1 heterocycles. The Kier molecular flexibility index (Phi) is 4.96. The Bertz CT molecular complexity index is 514. The molecule has 1 saturated heterocycles. The summed E-state index contributed by atoms with van der Waals surface area (Å²) in [5.41, 5.74) is 0. The van der Waals surface area contributed by atoms with E-state index < -0.39 is 0 Å². The van der Waals surface area contributed by atoms with Crippen LogP contribution < -0.4 is 4.74 Å². The first-order chi connectivity index (χ1) is 10.7. The number of carbonyl (C=O) groups excluding carboxylic acids is 1. The molecule has 0 spiro atoms. The van der Waals surface area contributed by atoms with Gasteiger partial charge in [-0.2, -0.15) is 0 Å². The van der Waals surface area contributed by atoms with E-state index in [2.05, 4.69) is 0 Å². The Hall–Kier alpha value is -1.58. The van der Waals surface area contributed by atoms with E-state index in [0.29, 0.717) is 18.7 Å². The van der Waals surface area contributed by atoms with Crippen LogP contribution in [0.1, 0.15) is 44.9 Å². The monoisotopic (exact) mass is 305 g/mol. The van der Waals surface area contributed by atoms with Gasteiger partial charge in [0.15, 0.2) is 0 Å². The first-order valence-electron chi connectivity index (χ1n) is 8.41. The fourth-order valence-electron chi connectivity index (χ4n) is 3.57. The van der Waals surface area contributed by atoms with E-state index in [9.17, 15) is 9.18 Å². The normalized spacial score (nSPS) is 22.2. The molecule has 1 aliphatic carbocycles. The van der Waals surface area contributed by atoms with E-state index >= 15 is 0 Å². The van der Waals surface area contributed by atoms with E-state index in [1.165, 1.54) is 37.8 Å². The molecular weight excluding hydrogens is 281 g/mol. The van der Waals surface area contributed by atoms with Crippen molar-refractivity contribution < 1.29 is 13.9 Å². The maximum Gasteiger partial charge on any atom is 0.222 e. The van der Waals surface area contributed by atoms with Crippen LogP contribution in [-0.4, -0.2) is 30.0 Å². The molecule has 1 atom stereocenters.